The first-order valence-corrected chi connectivity index (χ1v) is 29.9. The van der Waals surface area contributed by atoms with Crippen LogP contribution in [0.4, 0.5) is 0 Å². The lowest BCUT2D eigenvalue weighted by Gasteiger charge is -2.18. The van der Waals surface area contributed by atoms with E-state index in [0.29, 0.717) is 19.3 Å². The lowest BCUT2D eigenvalue weighted by atomic mass is 10.0. The molecule has 0 radical (unpaired) electrons. The summed E-state index contributed by atoms with van der Waals surface area (Å²) in [5.74, 6) is -0.953. The van der Waals surface area contributed by atoms with Crippen LogP contribution in [0.15, 0.2) is 109 Å². The molecule has 0 aromatic heterocycles. The number of ether oxygens (including phenoxy) is 3. The van der Waals surface area contributed by atoms with Crippen LogP contribution in [0, 0.1) is 0 Å². The minimum Gasteiger partial charge on any atom is -0.462 e. The Hall–Kier alpha value is -3.93. The van der Waals surface area contributed by atoms with Gasteiger partial charge in [0, 0.05) is 19.3 Å². The molecule has 0 aliphatic rings. The highest BCUT2D eigenvalue weighted by molar-refractivity contribution is 5.71. The second-order valence-corrected chi connectivity index (χ2v) is 19.5. The van der Waals surface area contributed by atoms with Crippen molar-refractivity contribution in [2.75, 3.05) is 13.2 Å². The van der Waals surface area contributed by atoms with Crippen LogP contribution in [0.1, 0.15) is 271 Å². The maximum absolute atomic E-state index is 12.8. The van der Waals surface area contributed by atoms with Gasteiger partial charge in [0.15, 0.2) is 6.10 Å². The van der Waals surface area contributed by atoms with E-state index < -0.39 is 6.10 Å². The third-order valence-corrected chi connectivity index (χ3v) is 12.5. The van der Waals surface area contributed by atoms with E-state index in [1.54, 1.807) is 0 Å². The first kappa shape index (κ1) is 68.1. The average Bonchev–Trinajstić information content (AvgIpc) is 3.38. The molecule has 0 saturated heterocycles. The van der Waals surface area contributed by atoms with Gasteiger partial charge in [-0.15, -0.1) is 0 Å². The summed E-state index contributed by atoms with van der Waals surface area (Å²) in [7, 11) is 0. The largest absolute Gasteiger partial charge is 0.462 e. The Labute approximate surface area is 444 Å². The molecule has 0 saturated carbocycles. The second-order valence-electron chi connectivity index (χ2n) is 19.5. The molecule has 410 valence electrons. The van der Waals surface area contributed by atoms with E-state index in [1.807, 2.05) is 0 Å². The molecule has 0 aliphatic heterocycles. The fraction of sp³-hybridized carbons (Fsp3) is 0.682. The molecule has 0 bridgehead atoms. The molecule has 1 atom stereocenters. The van der Waals surface area contributed by atoms with Crippen LogP contribution in [-0.4, -0.2) is 37.2 Å². The van der Waals surface area contributed by atoms with Crippen LogP contribution < -0.4 is 0 Å². The summed E-state index contributed by atoms with van der Waals surface area (Å²) in [6.45, 7) is 6.48. The van der Waals surface area contributed by atoms with Crippen molar-refractivity contribution >= 4 is 17.9 Å². The van der Waals surface area contributed by atoms with Gasteiger partial charge in [-0.05, 0) is 83.5 Å². The van der Waals surface area contributed by atoms with Gasteiger partial charge in [-0.25, -0.2) is 0 Å². The van der Waals surface area contributed by atoms with Crippen LogP contribution in [0.25, 0.3) is 0 Å². The molecular formula is C66H110O6. The molecule has 1 unspecified atom stereocenters. The lowest BCUT2D eigenvalue weighted by molar-refractivity contribution is -0.167. The topological polar surface area (TPSA) is 78.9 Å². The molecule has 6 heteroatoms. The smallest absolute Gasteiger partial charge is 0.306 e. The van der Waals surface area contributed by atoms with Crippen molar-refractivity contribution in [3.63, 3.8) is 0 Å². The zero-order valence-electron chi connectivity index (χ0n) is 46.9. The van der Waals surface area contributed by atoms with E-state index in [9.17, 15) is 14.4 Å². The number of unbranched alkanes of at least 4 members (excludes halogenated alkanes) is 24. The summed E-state index contributed by atoms with van der Waals surface area (Å²) in [5, 5.41) is 0. The maximum Gasteiger partial charge on any atom is 0.306 e. The molecular weight excluding hydrogens is 889 g/mol. The van der Waals surface area contributed by atoms with Crippen molar-refractivity contribution in [2.24, 2.45) is 0 Å². The standard InChI is InChI=1S/C66H110O6/c1-4-7-10-13-16-19-22-24-26-27-28-29-30-31-32-33-34-35-36-37-38-39-41-42-44-47-50-53-56-59-65(68)71-62-63(61-70-64(67)58-55-52-49-46-21-18-15-12-9-6-3)72-66(69)60-57-54-51-48-45-43-40-25-23-20-17-14-11-8-5-2/h7,10,16,19,24,26,28-29,31-32,34-35,37-38,41-42,47,50,63H,4-6,8-9,11-15,17-18,20-23,25,27,30,33,36,39-40,43-46,48-49,51-62H2,1-3H3/b10-7-,19-16-,26-24-,29-28-,32-31-,35-34-,38-37-,42-41-,50-47-. The van der Waals surface area contributed by atoms with E-state index in [4.69, 9.17) is 14.2 Å². The van der Waals surface area contributed by atoms with Gasteiger partial charge in [-0.2, -0.15) is 0 Å². The summed E-state index contributed by atoms with van der Waals surface area (Å²) >= 11 is 0. The fourth-order valence-corrected chi connectivity index (χ4v) is 8.09. The van der Waals surface area contributed by atoms with Gasteiger partial charge in [0.25, 0.3) is 0 Å². The molecule has 0 aromatic carbocycles. The number of esters is 3. The van der Waals surface area contributed by atoms with Gasteiger partial charge in [0.1, 0.15) is 13.2 Å². The molecule has 0 rings (SSSR count). The third kappa shape index (κ3) is 57.0. The average molecular weight is 1000 g/mol. The predicted molar refractivity (Wildman–Crippen MR) is 311 cm³/mol. The first-order valence-electron chi connectivity index (χ1n) is 29.9. The first-order chi connectivity index (χ1) is 35.5. The number of hydrogen-bond acceptors (Lipinski definition) is 6. The minimum atomic E-state index is -0.798. The van der Waals surface area contributed by atoms with Crippen LogP contribution in [0.3, 0.4) is 0 Å². The molecule has 0 heterocycles. The Morgan fingerprint density at radius 1 is 0.292 bits per heavy atom. The van der Waals surface area contributed by atoms with Crippen LogP contribution in [0.2, 0.25) is 0 Å². The van der Waals surface area contributed by atoms with Gasteiger partial charge in [-0.1, -0.05) is 278 Å². The highest BCUT2D eigenvalue weighted by Crippen LogP contribution is 2.16. The summed E-state index contributed by atoms with van der Waals surface area (Å²) < 4.78 is 16.8. The van der Waals surface area contributed by atoms with Crippen LogP contribution >= 0.6 is 0 Å². The summed E-state index contributed by atoms with van der Waals surface area (Å²) in [5.41, 5.74) is 0. The molecule has 0 fully saturated rings. The fourth-order valence-electron chi connectivity index (χ4n) is 8.09. The van der Waals surface area contributed by atoms with Crippen molar-refractivity contribution in [2.45, 2.75) is 277 Å². The summed E-state index contributed by atoms with van der Waals surface area (Å²) in [6, 6.07) is 0. The van der Waals surface area contributed by atoms with Crippen molar-refractivity contribution < 1.29 is 28.6 Å². The van der Waals surface area contributed by atoms with E-state index in [0.717, 1.165) is 103 Å². The Bertz CT molecular complexity index is 1470. The van der Waals surface area contributed by atoms with E-state index in [-0.39, 0.29) is 37.5 Å². The second kappa shape index (κ2) is 59.6. The molecule has 6 nitrogen and oxygen atoms in total. The van der Waals surface area contributed by atoms with Gasteiger partial charge >= 0.3 is 17.9 Å². The zero-order valence-corrected chi connectivity index (χ0v) is 46.9. The molecule has 0 amide bonds. The van der Waals surface area contributed by atoms with Crippen molar-refractivity contribution in [1.82, 2.24) is 0 Å². The zero-order chi connectivity index (χ0) is 52.2. The maximum atomic E-state index is 12.8. The van der Waals surface area contributed by atoms with Gasteiger partial charge in [0.2, 0.25) is 0 Å². The number of hydrogen-bond donors (Lipinski definition) is 0. The Kier molecular flexibility index (Phi) is 56.4. The summed E-state index contributed by atoms with van der Waals surface area (Å²) in [4.78, 5) is 38.1. The molecule has 0 spiro atoms. The predicted octanol–water partition coefficient (Wildman–Crippen LogP) is 20.3. The van der Waals surface area contributed by atoms with Gasteiger partial charge in [-0.3, -0.25) is 14.4 Å². The quantitative estimate of drug-likeness (QED) is 0.0261. The lowest BCUT2D eigenvalue weighted by Crippen LogP contribution is -2.30. The monoisotopic (exact) mass is 999 g/mol. The normalized spacial score (nSPS) is 12.9. The molecule has 0 aromatic rings. The summed E-state index contributed by atoms with van der Waals surface area (Å²) in [6.07, 6.45) is 81.0. The number of rotatable bonds is 53. The molecule has 0 N–H and O–H groups in total. The van der Waals surface area contributed by atoms with Crippen molar-refractivity contribution in [3.05, 3.63) is 109 Å². The molecule has 72 heavy (non-hydrogen) atoms. The Balaban J connectivity index is 4.36. The number of allylic oxidation sites excluding steroid dienone is 18. The van der Waals surface area contributed by atoms with Gasteiger partial charge < -0.3 is 14.2 Å². The Morgan fingerprint density at radius 2 is 0.542 bits per heavy atom. The minimum absolute atomic E-state index is 0.0933. The Morgan fingerprint density at radius 3 is 0.847 bits per heavy atom. The van der Waals surface area contributed by atoms with E-state index >= 15 is 0 Å². The van der Waals surface area contributed by atoms with Gasteiger partial charge in [0.05, 0.1) is 0 Å². The van der Waals surface area contributed by atoms with Crippen LogP contribution in [0.5, 0.6) is 0 Å². The van der Waals surface area contributed by atoms with Crippen molar-refractivity contribution in [1.29, 1.82) is 0 Å². The van der Waals surface area contributed by atoms with E-state index in [1.165, 1.54) is 122 Å². The third-order valence-electron chi connectivity index (χ3n) is 12.5. The van der Waals surface area contributed by atoms with Crippen LogP contribution in [-0.2, 0) is 28.6 Å². The highest BCUT2D eigenvalue weighted by atomic mass is 16.6. The SMILES string of the molecule is CC/C=C\C/C=C\C/C=C\C/C=C\C/C=C\C/C=C\C/C=C\C/C=C\C/C=C\CCCC(=O)OCC(COC(=O)CCCCCCCCCCCC)OC(=O)CCCCCCCCCCCCCCCCC. The molecule has 0 aliphatic carbocycles. The van der Waals surface area contributed by atoms with Crippen molar-refractivity contribution in [3.8, 4) is 0 Å². The highest BCUT2D eigenvalue weighted by Gasteiger charge is 2.19. The number of carbonyl (C=O) groups is 3. The van der Waals surface area contributed by atoms with E-state index in [2.05, 4.69) is 130 Å². The number of carbonyl (C=O) groups excluding carboxylic acids is 3.